The number of aromatic nitrogens is 3. The molecule has 0 atom stereocenters. The Hall–Kier alpha value is -5.78. The largest absolute Gasteiger partial charge is 0.464 e. The standard InChI is InChI=1S/C42H25N3OS/c1-3-11-26(12-4-1)39-43-40(27-13-5-2-6-14-27)45-41(44-39)28-19-20-31-30(25-28)38-29-23-24-46-35(29)22-21-34(38)42(31)32-15-7-9-17-36(32)47-37-18-10-8-16-33(37)42/h1-25H. The highest BCUT2D eigenvalue weighted by Gasteiger charge is 2.50. The molecule has 0 amide bonds. The molecule has 8 aromatic rings. The van der Waals surface area contributed by atoms with Gasteiger partial charge in [0.1, 0.15) is 5.58 Å². The van der Waals surface area contributed by atoms with Gasteiger partial charge in [-0.25, -0.2) is 15.0 Å². The van der Waals surface area contributed by atoms with Crippen LogP contribution in [0.4, 0.5) is 0 Å². The molecule has 0 bridgehead atoms. The average Bonchev–Trinajstić information content (AvgIpc) is 3.74. The second-order valence-corrected chi connectivity index (χ2v) is 13.0. The molecule has 0 N–H and O–H groups in total. The average molecular weight is 620 g/mol. The molecule has 2 aliphatic rings. The predicted octanol–water partition coefficient (Wildman–Crippen LogP) is 10.4. The predicted molar refractivity (Wildman–Crippen MR) is 187 cm³/mol. The molecule has 4 nitrogen and oxygen atoms in total. The van der Waals surface area contributed by atoms with Crippen molar-refractivity contribution in [2.24, 2.45) is 0 Å². The summed E-state index contributed by atoms with van der Waals surface area (Å²) in [6.45, 7) is 0. The molecule has 0 saturated heterocycles. The summed E-state index contributed by atoms with van der Waals surface area (Å²) in [6.07, 6.45) is 1.79. The lowest BCUT2D eigenvalue weighted by Crippen LogP contribution is -2.31. The number of benzene rings is 6. The van der Waals surface area contributed by atoms with Crippen LogP contribution in [0.1, 0.15) is 22.3 Å². The first-order valence-corrected chi connectivity index (χ1v) is 16.5. The van der Waals surface area contributed by atoms with Gasteiger partial charge in [-0.2, -0.15) is 0 Å². The van der Waals surface area contributed by atoms with Crippen LogP contribution in [0.2, 0.25) is 0 Å². The maximum absolute atomic E-state index is 5.98. The minimum Gasteiger partial charge on any atom is -0.464 e. The Balaban J connectivity index is 1.27. The smallest absolute Gasteiger partial charge is 0.164 e. The van der Waals surface area contributed by atoms with Crippen LogP contribution in [0.5, 0.6) is 0 Å². The molecule has 5 heteroatoms. The molecule has 0 unspecified atom stereocenters. The van der Waals surface area contributed by atoms with Crippen LogP contribution in [0, 0.1) is 0 Å². The Morgan fingerprint density at radius 3 is 1.66 bits per heavy atom. The van der Waals surface area contributed by atoms with Crippen molar-refractivity contribution < 1.29 is 4.42 Å². The lowest BCUT2D eigenvalue weighted by molar-refractivity contribution is 0.615. The molecule has 1 aliphatic heterocycles. The molecule has 10 rings (SSSR count). The number of nitrogens with zero attached hydrogens (tertiary/aromatic N) is 3. The van der Waals surface area contributed by atoms with E-state index >= 15 is 0 Å². The molecule has 6 aromatic carbocycles. The van der Waals surface area contributed by atoms with Crippen LogP contribution < -0.4 is 0 Å². The number of fused-ring (bicyclic) bond motifs is 11. The fraction of sp³-hybridized carbons (Fsp3) is 0.0238. The lowest BCUT2D eigenvalue weighted by atomic mass is 9.67. The van der Waals surface area contributed by atoms with Crippen LogP contribution in [0.15, 0.2) is 166 Å². The van der Waals surface area contributed by atoms with E-state index in [4.69, 9.17) is 19.4 Å². The lowest BCUT2D eigenvalue weighted by Gasteiger charge is -2.39. The van der Waals surface area contributed by atoms with Gasteiger partial charge in [-0.15, -0.1) is 0 Å². The number of rotatable bonds is 3. The molecule has 0 fully saturated rings. The van der Waals surface area contributed by atoms with Crippen molar-refractivity contribution in [3.63, 3.8) is 0 Å². The Labute approximate surface area is 275 Å². The second-order valence-electron chi connectivity index (χ2n) is 12.0. The fourth-order valence-electron chi connectivity index (χ4n) is 7.52. The summed E-state index contributed by atoms with van der Waals surface area (Å²) in [4.78, 5) is 17.6. The summed E-state index contributed by atoms with van der Waals surface area (Å²) in [6, 6.07) is 51.2. The minimum atomic E-state index is -0.476. The summed E-state index contributed by atoms with van der Waals surface area (Å²) < 4.78 is 5.98. The van der Waals surface area contributed by atoms with Gasteiger partial charge in [-0.1, -0.05) is 127 Å². The van der Waals surface area contributed by atoms with Crippen molar-refractivity contribution in [3.8, 4) is 45.3 Å². The summed E-state index contributed by atoms with van der Waals surface area (Å²) in [5, 5.41) is 1.11. The highest BCUT2D eigenvalue weighted by molar-refractivity contribution is 7.99. The fourth-order valence-corrected chi connectivity index (χ4v) is 8.71. The third-order valence-corrected chi connectivity index (χ3v) is 10.6. The van der Waals surface area contributed by atoms with Crippen molar-refractivity contribution in [2.45, 2.75) is 15.2 Å². The molecule has 1 aliphatic carbocycles. The van der Waals surface area contributed by atoms with E-state index in [1.54, 1.807) is 6.26 Å². The van der Waals surface area contributed by atoms with Gasteiger partial charge in [0.2, 0.25) is 0 Å². The number of hydrogen-bond acceptors (Lipinski definition) is 5. The van der Waals surface area contributed by atoms with Crippen LogP contribution in [-0.2, 0) is 5.41 Å². The van der Waals surface area contributed by atoms with Crippen LogP contribution in [-0.4, -0.2) is 15.0 Å². The summed E-state index contributed by atoms with van der Waals surface area (Å²) in [5.74, 6) is 1.94. The topological polar surface area (TPSA) is 51.8 Å². The third kappa shape index (κ3) is 3.81. The zero-order chi connectivity index (χ0) is 31.0. The summed E-state index contributed by atoms with van der Waals surface area (Å²) >= 11 is 1.85. The van der Waals surface area contributed by atoms with Gasteiger partial charge in [0.25, 0.3) is 0 Å². The molecule has 0 radical (unpaired) electrons. The minimum absolute atomic E-state index is 0.476. The maximum atomic E-state index is 5.98. The first kappa shape index (κ1) is 26.4. The van der Waals surface area contributed by atoms with Gasteiger partial charge in [-0.3, -0.25) is 0 Å². The normalized spacial score (nSPS) is 13.6. The van der Waals surface area contributed by atoms with Gasteiger partial charge in [0.05, 0.1) is 11.7 Å². The molecule has 2 aromatic heterocycles. The first-order valence-electron chi connectivity index (χ1n) is 15.7. The van der Waals surface area contributed by atoms with Gasteiger partial charge >= 0.3 is 0 Å². The van der Waals surface area contributed by atoms with E-state index in [9.17, 15) is 0 Å². The van der Waals surface area contributed by atoms with Crippen molar-refractivity contribution in [1.29, 1.82) is 0 Å². The van der Waals surface area contributed by atoms with Crippen molar-refractivity contribution >= 4 is 22.7 Å². The molecule has 220 valence electrons. The van der Waals surface area contributed by atoms with E-state index in [2.05, 4.69) is 84.9 Å². The quantitative estimate of drug-likeness (QED) is 0.197. The van der Waals surface area contributed by atoms with Crippen LogP contribution in [0.25, 0.3) is 56.3 Å². The van der Waals surface area contributed by atoms with Crippen molar-refractivity contribution in [3.05, 3.63) is 174 Å². The molecular formula is C42H25N3OS. The SMILES string of the molecule is c1ccc(-c2nc(-c3ccccc3)nc(-c3ccc4c(c3)-c3c(ccc5occc35)C43c4ccccc4Sc4ccccc43)n2)cc1. The van der Waals surface area contributed by atoms with Gasteiger partial charge in [0.15, 0.2) is 17.5 Å². The highest BCUT2D eigenvalue weighted by atomic mass is 32.2. The number of hydrogen-bond donors (Lipinski definition) is 0. The Bertz CT molecular complexity index is 2400. The molecule has 1 spiro atoms. The zero-order valence-corrected chi connectivity index (χ0v) is 25.9. The Morgan fingerprint density at radius 1 is 0.468 bits per heavy atom. The maximum Gasteiger partial charge on any atom is 0.164 e. The molecule has 0 saturated carbocycles. The summed E-state index contributed by atoms with van der Waals surface area (Å²) in [5.41, 5.74) is 10.7. The summed E-state index contributed by atoms with van der Waals surface area (Å²) in [7, 11) is 0. The second kappa shape index (κ2) is 10.1. The Kier molecular flexibility index (Phi) is 5.69. The van der Waals surface area contributed by atoms with E-state index in [-0.39, 0.29) is 0 Å². The molecule has 47 heavy (non-hydrogen) atoms. The van der Waals surface area contributed by atoms with Gasteiger partial charge in [0, 0.05) is 31.9 Å². The monoisotopic (exact) mass is 619 g/mol. The van der Waals surface area contributed by atoms with Crippen LogP contribution >= 0.6 is 11.8 Å². The van der Waals surface area contributed by atoms with E-state index in [1.165, 1.54) is 43.2 Å². The highest BCUT2D eigenvalue weighted by Crippen LogP contribution is 2.63. The van der Waals surface area contributed by atoms with Crippen molar-refractivity contribution in [1.82, 2.24) is 15.0 Å². The molecular weight excluding hydrogens is 595 g/mol. The molecule has 3 heterocycles. The first-order chi connectivity index (χ1) is 23.3. The van der Waals surface area contributed by atoms with E-state index in [1.807, 2.05) is 72.4 Å². The van der Waals surface area contributed by atoms with E-state index < -0.39 is 5.41 Å². The van der Waals surface area contributed by atoms with E-state index in [0.717, 1.165) is 27.7 Å². The number of furan rings is 1. The van der Waals surface area contributed by atoms with Gasteiger partial charge in [-0.05, 0) is 63.7 Å². The van der Waals surface area contributed by atoms with E-state index in [0.29, 0.717) is 17.5 Å². The Morgan fingerprint density at radius 2 is 1.02 bits per heavy atom. The van der Waals surface area contributed by atoms with Gasteiger partial charge < -0.3 is 4.42 Å². The van der Waals surface area contributed by atoms with Crippen molar-refractivity contribution in [2.75, 3.05) is 0 Å². The third-order valence-electron chi connectivity index (χ3n) is 9.49. The zero-order valence-electron chi connectivity index (χ0n) is 25.1. The van der Waals surface area contributed by atoms with Crippen LogP contribution in [0.3, 0.4) is 0 Å².